The van der Waals surface area contributed by atoms with Gasteiger partial charge in [-0.2, -0.15) is 0 Å². The summed E-state index contributed by atoms with van der Waals surface area (Å²) in [4.78, 5) is 5.06. The molecule has 100 valence electrons. The first kappa shape index (κ1) is 13.3. The molecule has 3 nitrogen and oxygen atoms in total. The average molecular weight is 240 g/mol. The van der Waals surface area contributed by atoms with E-state index in [0.717, 1.165) is 32.0 Å². The topological polar surface area (TPSA) is 26.7 Å². The maximum atomic E-state index is 9.92. The Morgan fingerprint density at radius 1 is 1.18 bits per heavy atom. The quantitative estimate of drug-likeness (QED) is 0.813. The number of hydrogen-bond acceptors (Lipinski definition) is 3. The molecule has 3 heteroatoms. The second kappa shape index (κ2) is 5.68. The van der Waals surface area contributed by atoms with Crippen molar-refractivity contribution in [3.8, 4) is 0 Å². The summed E-state index contributed by atoms with van der Waals surface area (Å²) in [6.45, 7) is 6.61. The molecule has 2 fully saturated rings. The van der Waals surface area contributed by atoms with Crippen LogP contribution in [0, 0.1) is 0 Å². The van der Waals surface area contributed by atoms with Gasteiger partial charge in [-0.05, 0) is 59.2 Å². The van der Waals surface area contributed by atoms with Crippen molar-refractivity contribution in [1.29, 1.82) is 0 Å². The zero-order valence-corrected chi connectivity index (χ0v) is 11.5. The van der Waals surface area contributed by atoms with Gasteiger partial charge in [0.15, 0.2) is 0 Å². The standard InChI is InChI=1S/C14H28N2O/c1-14(17)7-11-16(12-8-14)10-6-13-5-3-4-9-15(13)2/h13,17H,3-12H2,1-2H3. The van der Waals surface area contributed by atoms with Gasteiger partial charge in [0.1, 0.15) is 0 Å². The van der Waals surface area contributed by atoms with E-state index >= 15 is 0 Å². The van der Waals surface area contributed by atoms with Crippen molar-refractivity contribution in [1.82, 2.24) is 9.80 Å². The van der Waals surface area contributed by atoms with Crippen LogP contribution in [0.2, 0.25) is 0 Å². The minimum absolute atomic E-state index is 0.405. The van der Waals surface area contributed by atoms with E-state index in [2.05, 4.69) is 16.8 Å². The van der Waals surface area contributed by atoms with Crippen LogP contribution < -0.4 is 0 Å². The molecule has 0 bridgehead atoms. The van der Waals surface area contributed by atoms with E-state index < -0.39 is 5.60 Å². The molecule has 2 saturated heterocycles. The number of likely N-dealkylation sites (tertiary alicyclic amines) is 2. The molecule has 0 radical (unpaired) electrons. The van der Waals surface area contributed by atoms with Crippen molar-refractivity contribution >= 4 is 0 Å². The van der Waals surface area contributed by atoms with E-state index in [4.69, 9.17) is 0 Å². The van der Waals surface area contributed by atoms with Crippen LogP contribution in [0.1, 0.15) is 45.4 Å². The van der Waals surface area contributed by atoms with Gasteiger partial charge < -0.3 is 14.9 Å². The van der Waals surface area contributed by atoms with Gasteiger partial charge in [-0.3, -0.25) is 0 Å². The van der Waals surface area contributed by atoms with Crippen LogP contribution in [-0.2, 0) is 0 Å². The Labute approximate surface area is 106 Å². The smallest absolute Gasteiger partial charge is 0.0644 e. The zero-order chi connectivity index (χ0) is 12.3. The molecule has 0 saturated carbocycles. The fourth-order valence-electron chi connectivity index (χ4n) is 3.10. The monoisotopic (exact) mass is 240 g/mol. The molecule has 1 atom stereocenters. The summed E-state index contributed by atoms with van der Waals surface area (Å²) in [6.07, 6.45) is 7.34. The van der Waals surface area contributed by atoms with E-state index in [9.17, 15) is 5.11 Å². The third-order valence-electron chi connectivity index (χ3n) is 4.63. The average Bonchev–Trinajstić information content (AvgIpc) is 2.30. The summed E-state index contributed by atoms with van der Waals surface area (Å²) in [6, 6.07) is 0.797. The predicted molar refractivity (Wildman–Crippen MR) is 71.2 cm³/mol. The number of aliphatic hydroxyl groups is 1. The molecule has 1 N–H and O–H groups in total. The molecule has 2 aliphatic heterocycles. The molecule has 17 heavy (non-hydrogen) atoms. The van der Waals surface area contributed by atoms with Gasteiger partial charge in [-0.25, -0.2) is 0 Å². The third kappa shape index (κ3) is 3.94. The van der Waals surface area contributed by atoms with Crippen molar-refractivity contribution in [3.05, 3.63) is 0 Å². The normalized spacial score (nSPS) is 31.6. The van der Waals surface area contributed by atoms with Crippen LogP contribution in [-0.4, -0.2) is 59.8 Å². The largest absolute Gasteiger partial charge is 0.390 e. The lowest BCUT2D eigenvalue weighted by Crippen LogP contribution is -2.44. The van der Waals surface area contributed by atoms with Crippen molar-refractivity contribution in [2.24, 2.45) is 0 Å². The highest BCUT2D eigenvalue weighted by atomic mass is 16.3. The summed E-state index contributed by atoms with van der Waals surface area (Å²) >= 11 is 0. The fraction of sp³-hybridized carbons (Fsp3) is 1.00. The van der Waals surface area contributed by atoms with E-state index in [1.54, 1.807) is 0 Å². The zero-order valence-electron chi connectivity index (χ0n) is 11.5. The third-order valence-corrected chi connectivity index (χ3v) is 4.63. The predicted octanol–water partition coefficient (Wildman–Crippen LogP) is 1.71. The highest BCUT2D eigenvalue weighted by Gasteiger charge is 2.27. The molecule has 2 heterocycles. The lowest BCUT2D eigenvalue weighted by Gasteiger charge is -2.38. The van der Waals surface area contributed by atoms with E-state index in [1.807, 2.05) is 6.92 Å². The molecule has 2 rings (SSSR count). The molecule has 0 aromatic carbocycles. The van der Waals surface area contributed by atoms with Gasteiger partial charge in [-0.1, -0.05) is 6.42 Å². The lowest BCUT2D eigenvalue weighted by molar-refractivity contribution is -0.00735. The Morgan fingerprint density at radius 2 is 1.88 bits per heavy atom. The summed E-state index contributed by atoms with van der Waals surface area (Å²) in [7, 11) is 2.27. The highest BCUT2D eigenvalue weighted by molar-refractivity contribution is 4.83. The second-order valence-corrected chi connectivity index (χ2v) is 6.26. The first-order valence-corrected chi connectivity index (χ1v) is 7.22. The summed E-state index contributed by atoms with van der Waals surface area (Å²) in [5.41, 5.74) is -0.405. The summed E-state index contributed by atoms with van der Waals surface area (Å²) in [5.74, 6) is 0. The number of hydrogen-bond donors (Lipinski definition) is 1. The van der Waals surface area contributed by atoms with Gasteiger partial charge >= 0.3 is 0 Å². The first-order valence-electron chi connectivity index (χ1n) is 7.22. The first-order chi connectivity index (χ1) is 8.07. The van der Waals surface area contributed by atoms with Gasteiger partial charge in [-0.15, -0.1) is 0 Å². The SMILES string of the molecule is CN1CCCCC1CCN1CCC(C)(O)CC1. The minimum Gasteiger partial charge on any atom is -0.390 e. The van der Waals surface area contributed by atoms with E-state index in [1.165, 1.54) is 38.8 Å². The number of piperidine rings is 2. The van der Waals surface area contributed by atoms with Gasteiger partial charge in [0.25, 0.3) is 0 Å². The molecule has 0 amide bonds. The minimum atomic E-state index is -0.405. The van der Waals surface area contributed by atoms with Gasteiger partial charge in [0.05, 0.1) is 5.60 Å². The molecule has 0 aliphatic carbocycles. The van der Waals surface area contributed by atoms with Crippen LogP contribution in [0.5, 0.6) is 0 Å². The second-order valence-electron chi connectivity index (χ2n) is 6.26. The molecule has 2 aliphatic rings. The van der Waals surface area contributed by atoms with Crippen LogP contribution in [0.15, 0.2) is 0 Å². The Hall–Kier alpha value is -0.120. The lowest BCUT2D eigenvalue weighted by atomic mass is 9.93. The molecule has 0 aromatic heterocycles. The molecular formula is C14H28N2O. The Morgan fingerprint density at radius 3 is 2.53 bits per heavy atom. The highest BCUT2D eigenvalue weighted by Crippen LogP contribution is 2.23. The van der Waals surface area contributed by atoms with Gasteiger partial charge in [0, 0.05) is 19.1 Å². The van der Waals surface area contributed by atoms with Crippen molar-refractivity contribution in [3.63, 3.8) is 0 Å². The van der Waals surface area contributed by atoms with Crippen LogP contribution in [0.25, 0.3) is 0 Å². The Kier molecular flexibility index (Phi) is 4.45. The number of nitrogens with zero attached hydrogens (tertiary/aromatic N) is 2. The van der Waals surface area contributed by atoms with Crippen LogP contribution >= 0.6 is 0 Å². The molecule has 0 aromatic rings. The molecule has 1 unspecified atom stereocenters. The summed E-state index contributed by atoms with van der Waals surface area (Å²) < 4.78 is 0. The van der Waals surface area contributed by atoms with Crippen molar-refractivity contribution in [2.75, 3.05) is 33.2 Å². The number of rotatable bonds is 3. The van der Waals surface area contributed by atoms with Gasteiger partial charge in [0.2, 0.25) is 0 Å². The Balaban J connectivity index is 1.68. The van der Waals surface area contributed by atoms with E-state index in [-0.39, 0.29) is 0 Å². The van der Waals surface area contributed by atoms with Crippen LogP contribution in [0.3, 0.4) is 0 Å². The van der Waals surface area contributed by atoms with Crippen molar-refractivity contribution in [2.45, 2.75) is 57.1 Å². The summed E-state index contributed by atoms with van der Waals surface area (Å²) in [5, 5.41) is 9.92. The molecular weight excluding hydrogens is 212 g/mol. The van der Waals surface area contributed by atoms with Crippen LogP contribution in [0.4, 0.5) is 0 Å². The Bertz CT molecular complexity index is 232. The maximum Gasteiger partial charge on any atom is 0.0644 e. The molecule has 0 spiro atoms. The van der Waals surface area contributed by atoms with Crippen molar-refractivity contribution < 1.29 is 5.11 Å². The fourth-order valence-corrected chi connectivity index (χ4v) is 3.10. The maximum absolute atomic E-state index is 9.92. The van der Waals surface area contributed by atoms with E-state index in [0.29, 0.717) is 0 Å².